The van der Waals surface area contributed by atoms with Crippen LogP contribution in [0.3, 0.4) is 0 Å². The first-order chi connectivity index (χ1) is 13.0. The number of likely N-dealkylation sites (N-methyl/N-ethyl adjacent to an activating group) is 1. The molecule has 5 rings (SSSR count). The number of benzene rings is 2. The predicted molar refractivity (Wildman–Crippen MR) is 101 cm³/mol. The van der Waals surface area contributed by atoms with Gasteiger partial charge in [0.25, 0.3) is 10.0 Å². The Hall–Kier alpha value is -2.91. The van der Waals surface area contributed by atoms with E-state index in [1.165, 1.54) is 11.6 Å². The van der Waals surface area contributed by atoms with E-state index in [4.69, 9.17) is 0 Å². The Morgan fingerprint density at radius 2 is 2.04 bits per heavy atom. The lowest BCUT2D eigenvalue weighted by atomic mass is 10.0. The number of nitrogens with one attached hydrogen (secondary N) is 2. The molecule has 0 fully saturated rings. The van der Waals surface area contributed by atoms with Gasteiger partial charge in [0.2, 0.25) is 0 Å². The molecule has 1 aliphatic heterocycles. The van der Waals surface area contributed by atoms with Gasteiger partial charge in [-0.25, -0.2) is 13.0 Å². The van der Waals surface area contributed by atoms with E-state index >= 15 is 0 Å². The van der Waals surface area contributed by atoms with Gasteiger partial charge in [0.1, 0.15) is 10.4 Å². The molecule has 27 heavy (non-hydrogen) atoms. The summed E-state index contributed by atoms with van der Waals surface area (Å²) in [6.07, 6.45) is 0.936. The summed E-state index contributed by atoms with van der Waals surface area (Å²) in [6.45, 7) is 1.80. The second-order valence-electron chi connectivity index (χ2n) is 6.79. The number of nitrogens with zero attached hydrogens (tertiary/aromatic N) is 3. The fraction of sp³-hybridized carbons (Fsp3) is 0.222. The molecular formula is C18H17N5O3S. The van der Waals surface area contributed by atoms with Crippen LogP contribution in [0, 0.1) is 0 Å². The molecule has 0 bridgehead atoms. The summed E-state index contributed by atoms with van der Waals surface area (Å²) >= 11 is 0. The number of aromatic nitrogens is 3. The zero-order chi connectivity index (χ0) is 18.6. The molecule has 0 radical (unpaired) electrons. The first kappa shape index (κ1) is 16.3. The van der Waals surface area contributed by atoms with Crippen molar-refractivity contribution in [1.29, 1.82) is 0 Å². The minimum atomic E-state index is -3.86. The van der Waals surface area contributed by atoms with Gasteiger partial charge in [0, 0.05) is 24.2 Å². The number of hydrogen-bond acceptors (Lipinski definition) is 6. The molecule has 2 N–H and O–H groups in total. The Morgan fingerprint density at radius 1 is 1.19 bits per heavy atom. The van der Waals surface area contributed by atoms with Crippen LogP contribution in [0.15, 0.2) is 45.9 Å². The van der Waals surface area contributed by atoms with Gasteiger partial charge in [-0.3, -0.25) is 4.72 Å². The lowest BCUT2D eigenvalue weighted by Crippen LogP contribution is -2.26. The normalized spacial score (nSPS) is 15.3. The van der Waals surface area contributed by atoms with Crippen molar-refractivity contribution in [1.82, 2.24) is 20.2 Å². The lowest BCUT2D eigenvalue weighted by molar-refractivity contribution is 0.310. The summed E-state index contributed by atoms with van der Waals surface area (Å²) in [5, 5.41) is 8.50. The largest absolute Gasteiger partial charge is 0.355 e. The van der Waals surface area contributed by atoms with Crippen LogP contribution < -0.4 is 4.72 Å². The van der Waals surface area contributed by atoms with Gasteiger partial charge in [0.05, 0.1) is 11.2 Å². The predicted octanol–water partition coefficient (Wildman–Crippen LogP) is 2.49. The molecule has 0 unspecified atom stereocenters. The summed E-state index contributed by atoms with van der Waals surface area (Å²) in [6, 6.07) is 10.4. The number of para-hydroxylation sites is 1. The van der Waals surface area contributed by atoms with Crippen molar-refractivity contribution in [3.8, 4) is 0 Å². The maximum Gasteiger partial charge on any atom is 0.264 e. The first-order valence-corrected chi connectivity index (χ1v) is 10.1. The van der Waals surface area contributed by atoms with Crippen LogP contribution in [0.1, 0.15) is 11.3 Å². The van der Waals surface area contributed by atoms with Crippen LogP contribution in [0.5, 0.6) is 0 Å². The Balaban J connectivity index is 1.61. The fourth-order valence-corrected chi connectivity index (χ4v) is 4.91. The van der Waals surface area contributed by atoms with Gasteiger partial charge in [-0.2, -0.15) is 0 Å². The maximum atomic E-state index is 13.0. The molecule has 0 saturated carbocycles. The fourth-order valence-electron chi connectivity index (χ4n) is 3.68. The number of aromatic amines is 1. The zero-order valence-electron chi connectivity index (χ0n) is 14.6. The van der Waals surface area contributed by atoms with Crippen LogP contribution in [0.4, 0.5) is 5.69 Å². The highest BCUT2D eigenvalue weighted by atomic mass is 32.2. The molecule has 8 nitrogen and oxygen atoms in total. The van der Waals surface area contributed by atoms with E-state index in [1.807, 2.05) is 12.1 Å². The summed E-state index contributed by atoms with van der Waals surface area (Å²) in [5.41, 5.74) is 4.31. The molecule has 4 aromatic rings. The maximum absolute atomic E-state index is 13.0. The van der Waals surface area contributed by atoms with Gasteiger partial charge in [0.15, 0.2) is 5.52 Å². The molecule has 0 aliphatic carbocycles. The van der Waals surface area contributed by atoms with E-state index in [2.05, 4.69) is 36.6 Å². The number of H-pyrrole nitrogens is 1. The Kier molecular flexibility index (Phi) is 3.49. The Bertz CT molecular complexity index is 1270. The molecule has 2 aromatic carbocycles. The molecule has 0 amide bonds. The minimum Gasteiger partial charge on any atom is -0.355 e. The van der Waals surface area contributed by atoms with Crippen molar-refractivity contribution in [3.63, 3.8) is 0 Å². The summed E-state index contributed by atoms with van der Waals surface area (Å²) in [7, 11) is -1.78. The van der Waals surface area contributed by atoms with Crippen molar-refractivity contribution in [2.75, 3.05) is 18.3 Å². The smallest absolute Gasteiger partial charge is 0.264 e. The van der Waals surface area contributed by atoms with E-state index < -0.39 is 10.0 Å². The standard InChI is InChI=1S/C18H17N5O3S/c1-23-9-8-11-12-4-2-6-14(17(12)19-15(11)10-23)22-27(24,25)16-7-3-5-13-18(16)21-26-20-13/h2-7,19,22H,8-10H2,1H3. The minimum absolute atomic E-state index is 0.0364. The average molecular weight is 383 g/mol. The number of anilines is 1. The van der Waals surface area contributed by atoms with Crippen LogP contribution in [0.25, 0.3) is 21.9 Å². The van der Waals surface area contributed by atoms with Gasteiger partial charge in [-0.15, -0.1) is 0 Å². The number of fused-ring (bicyclic) bond motifs is 4. The molecule has 0 saturated heterocycles. The van der Waals surface area contributed by atoms with Crippen LogP contribution in [-0.4, -0.2) is 42.2 Å². The van der Waals surface area contributed by atoms with E-state index in [0.717, 1.165) is 36.1 Å². The molecule has 9 heteroatoms. The third-order valence-corrected chi connectivity index (χ3v) is 6.38. The molecular weight excluding hydrogens is 366 g/mol. The lowest BCUT2D eigenvalue weighted by Gasteiger charge is -2.22. The van der Waals surface area contributed by atoms with E-state index in [-0.39, 0.29) is 10.4 Å². The number of sulfonamides is 1. The molecule has 2 aromatic heterocycles. The van der Waals surface area contributed by atoms with Gasteiger partial charge in [-0.1, -0.05) is 18.2 Å². The highest BCUT2D eigenvalue weighted by Gasteiger charge is 2.24. The van der Waals surface area contributed by atoms with Crippen molar-refractivity contribution in [2.24, 2.45) is 0 Å². The van der Waals surface area contributed by atoms with Crippen molar-refractivity contribution in [2.45, 2.75) is 17.9 Å². The SMILES string of the molecule is CN1CCc2c([nH]c3c(NS(=O)(=O)c4cccc5nonc45)cccc23)C1. The third-order valence-electron chi connectivity index (χ3n) is 4.98. The topological polar surface area (TPSA) is 104 Å². The van der Waals surface area contributed by atoms with E-state index in [9.17, 15) is 8.42 Å². The monoisotopic (exact) mass is 383 g/mol. The number of rotatable bonds is 3. The highest BCUT2D eigenvalue weighted by Crippen LogP contribution is 2.33. The average Bonchev–Trinajstić information content (AvgIpc) is 3.25. The van der Waals surface area contributed by atoms with Gasteiger partial charge < -0.3 is 9.88 Å². The highest BCUT2D eigenvalue weighted by molar-refractivity contribution is 7.93. The van der Waals surface area contributed by atoms with Crippen molar-refractivity contribution < 1.29 is 13.0 Å². The molecule has 3 heterocycles. The van der Waals surface area contributed by atoms with Crippen LogP contribution >= 0.6 is 0 Å². The van der Waals surface area contributed by atoms with Gasteiger partial charge in [-0.05, 0) is 47.5 Å². The van der Waals surface area contributed by atoms with Crippen LogP contribution in [0.2, 0.25) is 0 Å². The first-order valence-electron chi connectivity index (χ1n) is 8.58. The molecule has 138 valence electrons. The van der Waals surface area contributed by atoms with Crippen molar-refractivity contribution >= 4 is 37.6 Å². The van der Waals surface area contributed by atoms with Crippen LogP contribution in [-0.2, 0) is 23.0 Å². The Labute approximate surface area is 155 Å². The number of hydrogen-bond donors (Lipinski definition) is 2. The Morgan fingerprint density at radius 3 is 2.93 bits per heavy atom. The van der Waals surface area contributed by atoms with E-state index in [1.54, 1.807) is 18.2 Å². The summed E-state index contributed by atoms with van der Waals surface area (Å²) < 4.78 is 33.4. The molecule has 0 atom stereocenters. The van der Waals surface area contributed by atoms with E-state index in [0.29, 0.717) is 11.2 Å². The quantitative estimate of drug-likeness (QED) is 0.563. The summed E-state index contributed by atoms with van der Waals surface area (Å²) in [4.78, 5) is 5.68. The third kappa shape index (κ3) is 2.58. The zero-order valence-corrected chi connectivity index (χ0v) is 15.4. The molecule has 0 spiro atoms. The second kappa shape index (κ2) is 5.80. The van der Waals surface area contributed by atoms with Crippen molar-refractivity contribution in [3.05, 3.63) is 47.7 Å². The second-order valence-corrected chi connectivity index (χ2v) is 8.44. The summed E-state index contributed by atoms with van der Waals surface area (Å²) in [5.74, 6) is 0. The van der Waals surface area contributed by atoms with Gasteiger partial charge >= 0.3 is 0 Å². The molecule has 1 aliphatic rings.